The van der Waals surface area contributed by atoms with Gasteiger partial charge >= 0.3 is 0 Å². The van der Waals surface area contributed by atoms with Crippen molar-refractivity contribution in [1.29, 1.82) is 0 Å². The molecule has 0 N–H and O–H groups in total. The molecule has 0 fully saturated rings. The van der Waals surface area contributed by atoms with Gasteiger partial charge in [0.1, 0.15) is 0 Å². The van der Waals surface area contributed by atoms with Crippen molar-refractivity contribution in [2.75, 3.05) is 0 Å². The molecule has 0 radical (unpaired) electrons. The Bertz CT molecular complexity index is 375. The first-order chi connectivity index (χ1) is 5.95. The van der Waals surface area contributed by atoms with Gasteiger partial charge in [0.25, 0.3) is 0 Å². The van der Waals surface area contributed by atoms with Gasteiger partial charge < -0.3 is 9.90 Å². The lowest BCUT2D eigenvalue weighted by atomic mass is 10.2. The molecule has 0 heterocycles. The molecule has 0 atom stereocenters. The number of aromatic carboxylic acids is 1. The van der Waals surface area contributed by atoms with E-state index in [1.54, 1.807) is 0 Å². The number of hydrogen-bond donors (Lipinski definition) is 0. The Balaban J connectivity index is 3.50. The highest BCUT2D eigenvalue weighted by Crippen LogP contribution is 2.38. The van der Waals surface area contributed by atoms with Crippen LogP contribution in [-0.2, 0) is 0 Å². The molecule has 0 aliphatic rings. The molecule has 13 heavy (non-hydrogen) atoms. The quantitative estimate of drug-likeness (QED) is 0.501. The van der Waals surface area contributed by atoms with E-state index in [2.05, 4.69) is 63.7 Å². The van der Waals surface area contributed by atoms with E-state index >= 15 is 0 Å². The highest BCUT2D eigenvalue weighted by Gasteiger charge is 2.11. The lowest BCUT2D eigenvalue weighted by molar-refractivity contribution is -0.255. The van der Waals surface area contributed by atoms with Gasteiger partial charge in [-0.3, -0.25) is 0 Å². The highest BCUT2D eigenvalue weighted by molar-refractivity contribution is 9.15. The van der Waals surface area contributed by atoms with Crippen LogP contribution in [0.25, 0.3) is 0 Å². The zero-order valence-corrected chi connectivity index (χ0v) is 12.2. The molecule has 1 aromatic rings. The summed E-state index contributed by atoms with van der Waals surface area (Å²) in [5, 5.41) is 10.6. The number of hydrogen-bond acceptors (Lipinski definition) is 2. The fraction of sp³-hybridized carbons (Fsp3) is 0. The van der Waals surface area contributed by atoms with E-state index in [0.717, 1.165) is 4.47 Å². The lowest BCUT2D eigenvalue weighted by Crippen LogP contribution is -2.22. The van der Waals surface area contributed by atoms with E-state index in [0.29, 0.717) is 13.4 Å². The molecule has 70 valence electrons. The van der Waals surface area contributed by atoms with Gasteiger partial charge in [-0.2, -0.15) is 0 Å². The first-order valence-corrected chi connectivity index (χ1v) is 6.16. The SMILES string of the molecule is O=C([O-])c1cc(Br)c(Br)c(Br)c1Br. The van der Waals surface area contributed by atoms with Crippen molar-refractivity contribution in [2.24, 2.45) is 0 Å². The zero-order chi connectivity index (χ0) is 10.2. The third kappa shape index (κ3) is 2.34. The number of carboxylic acids is 1. The smallest absolute Gasteiger partial charge is 0.0727 e. The van der Waals surface area contributed by atoms with Crippen LogP contribution in [0, 0.1) is 0 Å². The van der Waals surface area contributed by atoms with Crippen molar-refractivity contribution < 1.29 is 9.90 Å². The maximum atomic E-state index is 10.6. The Morgan fingerprint density at radius 1 is 1.08 bits per heavy atom. The Morgan fingerprint density at radius 2 is 1.62 bits per heavy atom. The van der Waals surface area contributed by atoms with Crippen LogP contribution in [0.2, 0.25) is 0 Å². The molecule has 0 bridgehead atoms. The fourth-order valence-corrected chi connectivity index (χ4v) is 2.90. The van der Waals surface area contributed by atoms with Gasteiger partial charge in [0.15, 0.2) is 0 Å². The Labute approximate surface area is 108 Å². The number of benzene rings is 1. The molecule has 0 saturated heterocycles. The average Bonchev–Trinajstić information content (AvgIpc) is 2.07. The molecular formula is C7HBr4O2-. The van der Waals surface area contributed by atoms with E-state index < -0.39 is 5.97 Å². The summed E-state index contributed by atoms with van der Waals surface area (Å²) in [7, 11) is 0. The number of carboxylic acid groups (broad SMARTS) is 1. The van der Waals surface area contributed by atoms with Gasteiger partial charge in [-0.1, -0.05) is 0 Å². The zero-order valence-electron chi connectivity index (χ0n) is 5.91. The predicted octanol–water partition coefficient (Wildman–Crippen LogP) is 3.10. The Kier molecular flexibility index (Phi) is 3.97. The standard InChI is InChI=1S/C7H2Br4O2/c8-3-1-2(7(12)13)4(9)6(11)5(3)10/h1H,(H,12,13)/p-1. The van der Waals surface area contributed by atoms with Gasteiger partial charge in [-0.15, -0.1) is 0 Å². The minimum Gasteiger partial charge on any atom is -0.545 e. The van der Waals surface area contributed by atoms with Crippen LogP contribution in [0.1, 0.15) is 10.4 Å². The topological polar surface area (TPSA) is 40.1 Å². The summed E-state index contributed by atoms with van der Waals surface area (Å²) in [5.74, 6) is -1.22. The molecule has 0 saturated carbocycles. The van der Waals surface area contributed by atoms with E-state index in [4.69, 9.17) is 0 Å². The molecule has 2 nitrogen and oxygen atoms in total. The number of rotatable bonds is 1. The monoisotopic (exact) mass is 433 g/mol. The largest absolute Gasteiger partial charge is 0.545 e. The number of halogens is 4. The van der Waals surface area contributed by atoms with Gasteiger partial charge in [0, 0.05) is 23.5 Å². The minimum absolute atomic E-state index is 0.0990. The molecule has 1 aromatic carbocycles. The summed E-state index contributed by atoms with van der Waals surface area (Å²) in [6, 6.07) is 1.47. The van der Waals surface area contributed by atoms with E-state index in [1.807, 2.05) is 0 Å². The summed E-state index contributed by atoms with van der Waals surface area (Å²) in [5.41, 5.74) is 0.0990. The van der Waals surface area contributed by atoms with Gasteiger partial charge in [-0.25, -0.2) is 0 Å². The summed E-state index contributed by atoms with van der Waals surface area (Å²) >= 11 is 12.9. The Hall–Kier alpha value is 0.610. The van der Waals surface area contributed by atoms with Gasteiger partial charge in [0.2, 0.25) is 0 Å². The van der Waals surface area contributed by atoms with Crippen LogP contribution in [0.4, 0.5) is 0 Å². The van der Waals surface area contributed by atoms with Crippen molar-refractivity contribution in [1.82, 2.24) is 0 Å². The van der Waals surface area contributed by atoms with Crippen LogP contribution in [0.5, 0.6) is 0 Å². The van der Waals surface area contributed by atoms with Crippen molar-refractivity contribution in [3.8, 4) is 0 Å². The third-order valence-corrected chi connectivity index (χ3v) is 5.98. The van der Waals surface area contributed by atoms with Crippen LogP contribution in [0.3, 0.4) is 0 Å². The van der Waals surface area contributed by atoms with E-state index in [-0.39, 0.29) is 5.56 Å². The predicted molar refractivity (Wildman–Crippen MR) is 61.6 cm³/mol. The van der Waals surface area contributed by atoms with Crippen LogP contribution in [0.15, 0.2) is 24.0 Å². The first-order valence-electron chi connectivity index (χ1n) is 2.99. The van der Waals surface area contributed by atoms with Gasteiger partial charge in [-0.05, 0) is 69.8 Å². The van der Waals surface area contributed by atoms with E-state index in [1.165, 1.54) is 6.07 Å². The normalized spacial score (nSPS) is 10.2. The second-order valence-electron chi connectivity index (χ2n) is 2.14. The van der Waals surface area contributed by atoms with Crippen molar-refractivity contribution in [3.63, 3.8) is 0 Å². The summed E-state index contributed by atoms with van der Waals surface area (Å²) < 4.78 is 2.51. The molecule has 6 heteroatoms. The minimum atomic E-state index is -1.22. The number of carbonyl (C=O) groups excluding carboxylic acids is 1. The summed E-state index contributed by atoms with van der Waals surface area (Å²) in [6.07, 6.45) is 0. The second kappa shape index (κ2) is 4.42. The molecular weight excluding hydrogens is 436 g/mol. The second-order valence-corrected chi connectivity index (χ2v) is 5.37. The first kappa shape index (κ1) is 11.7. The third-order valence-electron chi connectivity index (χ3n) is 1.32. The maximum Gasteiger partial charge on any atom is 0.0727 e. The van der Waals surface area contributed by atoms with Crippen LogP contribution < -0.4 is 5.11 Å². The summed E-state index contributed by atoms with van der Waals surface area (Å²) in [6.45, 7) is 0. The molecule has 1 rings (SSSR count). The lowest BCUT2D eigenvalue weighted by Gasteiger charge is -2.10. The van der Waals surface area contributed by atoms with Gasteiger partial charge in [0.05, 0.1) is 5.97 Å². The van der Waals surface area contributed by atoms with Crippen LogP contribution in [-0.4, -0.2) is 5.97 Å². The Morgan fingerprint density at radius 3 is 2.08 bits per heavy atom. The molecule has 0 amide bonds. The molecule has 0 spiro atoms. The number of carbonyl (C=O) groups is 1. The molecule has 0 aromatic heterocycles. The fourth-order valence-electron chi connectivity index (χ4n) is 0.721. The maximum absolute atomic E-state index is 10.6. The highest BCUT2D eigenvalue weighted by atomic mass is 79.9. The average molecular weight is 437 g/mol. The van der Waals surface area contributed by atoms with E-state index in [9.17, 15) is 9.90 Å². The van der Waals surface area contributed by atoms with Crippen LogP contribution >= 0.6 is 63.7 Å². The molecule has 0 aliphatic carbocycles. The van der Waals surface area contributed by atoms with Crippen molar-refractivity contribution >= 4 is 69.7 Å². The molecule has 0 aliphatic heterocycles. The summed E-state index contributed by atoms with van der Waals surface area (Å²) in [4.78, 5) is 10.6. The van der Waals surface area contributed by atoms with Crippen molar-refractivity contribution in [2.45, 2.75) is 0 Å². The molecule has 0 unspecified atom stereocenters. The van der Waals surface area contributed by atoms with Crippen molar-refractivity contribution in [3.05, 3.63) is 29.5 Å².